The maximum atomic E-state index is 12.9. The maximum Gasteiger partial charge on any atom is 0.146 e. The minimum atomic E-state index is -0.303. The second-order valence-corrected chi connectivity index (χ2v) is 9.65. The highest BCUT2D eigenvalue weighted by Gasteiger charge is 2.59. The molecular weight excluding hydrogens is 391 g/mol. The van der Waals surface area contributed by atoms with Crippen molar-refractivity contribution in [2.24, 2.45) is 16.7 Å². The van der Waals surface area contributed by atoms with E-state index < -0.39 is 0 Å². The van der Waals surface area contributed by atoms with Gasteiger partial charge in [-0.05, 0) is 30.7 Å². The van der Waals surface area contributed by atoms with Gasteiger partial charge in [-0.15, -0.1) is 11.6 Å². The van der Waals surface area contributed by atoms with E-state index >= 15 is 0 Å². The molecule has 0 radical (unpaired) electrons. The van der Waals surface area contributed by atoms with E-state index in [2.05, 4.69) is 58.7 Å². The third kappa shape index (κ3) is 2.28. The lowest BCUT2D eigenvalue weighted by Crippen LogP contribution is -2.56. The summed E-state index contributed by atoms with van der Waals surface area (Å²) in [7, 11) is 0. The molecule has 4 atom stereocenters. The lowest BCUT2D eigenvalue weighted by Gasteiger charge is -2.55. The molecule has 0 saturated heterocycles. The lowest BCUT2D eigenvalue weighted by atomic mass is 9.51. The third-order valence-electron chi connectivity index (χ3n) is 5.30. The summed E-state index contributed by atoms with van der Waals surface area (Å²) in [5.74, 6) is 0.360. The summed E-state index contributed by atoms with van der Waals surface area (Å²) in [6.07, 6.45) is 4.61. The third-order valence-corrected chi connectivity index (χ3v) is 8.60. The zero-order valence-electron chi connectivity index (χ0n) is 11.9. The van der Waals surface area contributed by atoms with Crippen LogP contribution in [0.2, 0.25) is 0 Å². The average Bonchev–Trinajstić information content (AvgIpc) is 2.30. The lowest BCUT2D eigenvalue weighted by molar-refractivity contribution is -0.141. The number of rotatable bonds is 0. The summed E-state index contributed by atoms with van der Waals surface area (Å²) < 4.78 is 1.16. The van der Waals surface area contributed by atoms with Crippen LogP contribution in [0.25, 0.3) is 0 Å². The molecule has 2 aliphatic carbocycles. The van der Waals surface area contributed by atoms with Crippen LogP contribution in [0.4, 0.5) is 0 Å². The van der Waals surface area contributed by atoms with E-state index in [9.17, 15) is 4.79 Å². The number of hydrogen-bond acceptors (Lipinski definition) is 1. The maximum absolute atomic E-state index is 12.9. The van der Waals surface area contributed by atoms with Crippen molar-refractivity contribution in [3.05, 3.63) is 10.6 Å². The van der Waals surface area contributed by atoms with Crippen LogP contribution in [0, 0.1) is 16.7 Å². The Morgan fingerprint density at radius 3 is 2.42 bits per heavy atom. The Kier molecular flexibility index (Phi) is 4.09. The molecule has 0 N–H and O–H groups in total. The van der Waals surface area contributed by atoms with E-state index in [1.54, 1.807) is 0 Å². The molecule has 0 bridgehead atoms. The fourth-order valence-electron chi connectivity index (χ4n) is 3.50. The first-order valence-corrected chi connectivity index (χ1v) is 8.88. The number of allylic oxidation sites excluding steroid dienone is 2. The van der Waals surface area contributed by atoms with Crippen LogP contribution < -0.4 is 0 Å². The Morgan fingerprint density at radius 2 is 1.89 bits per heavy atom. The second-order valence-electron chi connectivity index (χ2n) is 6.82. The van der Waals surface area contributed by atoms with E-state index in [0.29, 0.717) is 5.78 Å². The highest BCUT2D eigenvalue weighted by Crippen LogP contribution is 2.61. The molecule has 2 rings (SSSR count). The molecule has 0 aliphatic heterocycles. The van der Waals surface area contributed by atoms with Crippen molar-refractivity contribution in [2.45, 2.75) is 56.7 Å². The number of alkyl halides is 2. The van der Waals surface area contributed by atoms with Crippen molar-refractivity contribution < 1.29 is 4.79 Å². The molecule has 2 aliphatic rings. The first-order valence-electron chi connectivity index (χ1n) is 6.80. The Bertz CT molecular complexity index is 441. The zero-order chi connectivity index (χ0) is 14.6. The molecule has 4 heteroatoms. The van der Waals surface area contributed by atoms with Crippen LogP contribution in [0.3, 0.4) is 0 Å². The van der Waals surface area contributed by atoms with E-state index in [-0.39, 0.29) is 26.4 Å². The summed E-state index contributed by atoms with van der Waals surface area (Å²) >= 11 is 14.0. The largest absolute Gasteiger partial charge is 0.298 e. The van der Waals surface area contributed by atoms with Gasteiger partial charge in [-0.1, -0.05) is 58.7 Å². The summed E-state index contributed by atoms with van der Waals surface area (Å²) in [5, 5.41) is 0. The monoisotopic (exact) mass is 410 g/mol. The van der Waals surface area contributed by atoms with Gasteiger partial charge in [-0.3, -0.25) is 4.79 Å². The average molecular weight is 413 g/mol. The Balaban J connectivity index is 2.48. The highest BCUT2D eigenvalue weighted by molar-refractivity contribution is 9.11. The van der Waals surface area contributed by atoms with Gasteiger partial charge in [0.25, 0.3) is 0 Å². The van der Waals surface area contributed by atoms with Crippen LogP contribution in [0.1, 0.15) is 47.0 Å². The topological polar surface area (TPSA) is 17.1 Å². The van der Waals surface area contributed by atoms with Crippen LogP contribution in [-0.4, -0.2) is 15.5 Å². The van der Waals surface area contributed by atoms with E-state index in [0.717, 1.165) is 23.7 Å². The summed E-state index contributed by atoms with van der Waals surface area (Å²) in [6, 6.07) is 0. The SMILES string of the molecule is C[C@H]1C=C(Br)C(C)(C)[C@]2(CCC(C)(Cl)C(Br)C2)C1=O. The van der Waals surface area contributed by atoms with Crippen LogP contribution in [-0.2, 0) is 4.79 Å². The number of halogens is 3. The smallest absolute Gasteiger partial charge is 0.146 e. The second kappa shape index (κ2) is 4.84. The van der Waals surface area contributed by atoms with Gasteiger partial charge in [0, 0.05) is 21.6 Å². The normalized spacial score (nSPS) is 46.3. The Labute approximate surface area is 137 Å². The van der Waals surface area contributed by atoms with Gasteiger partial charge in [0.15, 0.2) is 0 Å². The van der Waals surface area contributed by atoms with Crippen molar-refractivity contribution in [1.82, 2.24) is 0 Å². The molecule has 1 saturated carbocycles. The highest BCUT2D eigenvalue weighted by atomic mass is 79.9. The van der Waals surface area contributed by atoms with Gasteiger partial charge >= 0.3 is 0 Å². The van der Waals surface area contributed by atoms with Crippen LogP contribution in [0.5, 0.6) is 0 Å². The van der Waals surface area contributed by atoms with E-state index in [1.165, 1.54) is 0 Å². The quantitative estimate of drug-likeness (QED) is 0.484. The van der Waals surface area contributed by atoms with Gasteiger partial charge < -0.3 is 0 Å². The predicted molar refractivity (Wildman–Crippen MR) is 88.2 cm³/mol. The number of hydrogen-bond donors (Lipinski definition) is 0. The molecule has 0 heterocycles. The molecule has 0 amide bonds. The fourth-order valence-corrected chi connectivity index (χ4v) is 5.23. The number of Topliss-reactive ketones (excluding diaryl/α,β-unsaturated/α-hetero) is 1. The molecule has 0 aromatic heterocycles. The molecular formula is C15H21Br2ClO. The Morgan fingerprint density at radius 1 is 1.32 bits per heavy atom. The van der Waals surface area contributed by atoms with Gasteiger partial charge in [-0.25, -0.2) is 0 Å². The van der Waals surface area contributed by atoms with Gasteiger partial charge in [0.1, 0.15) is 5.78 Å². The van der Waals surface area contributed by atoms with E-state index in [1.807, 2.05) is 6.92 Å². The molecule has 0 aromatic rings. The standard InChI is InChI=1S/C15H21Br2ClO/c1-9-7-10(16)13(2,3)15(12(9)19)6-5-14(4,18)11(17)8-15/h7,9,11H,5-6,8H2,1-4H3/t9-,11?,14?,15-/m0/s1. The summed E-state index contributed by atoms with van der Waals surface area (Å²) in [5.41, 5.74) is -0.460. The minimum absolute atomic E-state index is 0.0122. The first-order chi connectivity index (χ1) is 8.54. The zero-order valence-corrected chi connectivity index (χ0v) is 15.8. The van der Waals surface area contributed by atoms with Gasteiger partial charge in [0.05, 0.1) is 4.87 Å². The van der Waals surface area contributed by atoms with Crippen molar-refractivity contribution >= 4 is 49.2 Å². The molecule has 2 unspecified atom stereocenters. The number of ketones is 1. The van der Waals surface area contributed by atoms with Crippen molar-refractivity contribution in [1.29, 1.82) is 0 Å². The summed E-state index contributed by atoms with van der Waals surface area (Å²) in [4.78, 5) is 12.8. The predicted octanol–water partition coefficient (Wildman–Crippen LogP) is 5.44. The molecule has 1 nitrogen and oxygen atoms in total. The van der Waals surface area contributed by atoms with Crippen LogP contribution >= 0.6 is 43.5 Å². The fraction of sp³-hybridized carbons (Fsp3) is 0.800. The van der Waals surface area contributed by atoms with E-state index in [4.69, 9.17) is 11.6 Å². The molecule has 19 heavy (non-hydrogen) atoms. The van der Waals surface area contributed by atoms with Crippen LogP contribution in [0.15, 0.2) is 10.6 Å². The first kappa shape index (κ1) is 16.0. The number of carbonyl (C=O) groups excluding carboxylic acids is 1. The van der Waals surface area contributed by atoms with Gasteiger partial charge in [-0.2, -0.15) is 0 Å². The Hall–Kier alpha value is 0.660. The van der Waals surface area contributed by atoms with Gasteiger partial charge in [0.2, 0.25) is 0 Å². The molecule has 108 valence electrons. The molecule has 1 spiro atoms. The minimum Gasteiger partial charge on any atom is -0.298 e. The molecule has 0 aromatic carbocycles. The van der Waals surface area contributed by atoms with Crippen molar-refractivity contribution in [3.8, 4) is 0 Å². The number of carbonyl (C=O) groups is 1. The summed E-state index contributed by atoms with van der Waals surface area (Å²) in [6.45, 7) is 8.41. The van der Waals surface area contributed by atoms with Crippen molar-refractivity contribution in [3.63, 3.8) is 0 Å². The van der Waals surface area contributed by atoms with Crippen molar-refractivity contribution in [2.75, 3.05) is 0 Å². The molecule has 1 fully saturated rings.